The van der Waals surface area contributed by atoms with Crippen LogP contribution >= 0.6 is 0 Å². The van der Waals surface area contributed by atoms with Crippen LogP contribution in [0.2, 0.25) is 0 Å². The Morgan fingerprint density at radius 3 is 2.90 bits per heavy atom. The first-order valence-corrected chi connectivity index (χ1v) is 7.81. The van der Waals surface area contributed by atoms with E-state index in [1.165, 1.54) is 25.7 Å². The molecule has 108 valence electrons. The Labute approximate surface area is 126 Å². The third kappa shape index (κ3) is 2.85. The molecule has 1 aromatic heterocycles. The Bertz CT molecular complexity index is 672. The van der Waals surface area contributed by atoms with E-state index < -0.39 is 0 Å². The van der Waals surface area contributed by atoms with Gasteiger partial charge in [-0.05, 0) is 24.3 Å². The fraction of sp³-hybridized carbons (Fsp3) is 0.444. The van der Waals surface area contributed by atoms with E-state index in [0.717, 1.165) is 29.1 Å². The van der Waals surface area contributed by atoms with Gasteiger partial charge in [-0.25, -0.2) is 0 Å². The molecule has 3 rings (SSSR count). The summed E-state index contributed by atoms with van der Waals surface area (Å²) in [7, 11) is 0. The van der Waals surface area contributed by atoms with E-state index in [-0.39, 0.29) is 0 Å². The van der Waals surface area contributed by atoms with Gasteiger partial charge >= 0.3 is 0 Å². The molecule has 21 heavy (non-hydrogen) atoms. The van der Waals surface area contributed by atoms with E-state index in [1.54, 1.807) is 6.20 Å². The number of nitrogens with zero attached hydrogens (tertiary/aromatic N) is 2. The highest BCUT2D eigenvalue weighted by Crippen LogP contribution is 2.31. The van der Waals surface area contributed by atoms with Gasteiger partial charge in [-0.15, -0.1) is 0 Å². The number of nitrogens with one attached hydrogen (secondary N) is 1. The lowest BCUT2D eigenvalue weighted by atomic mass is 9.80. The van der Waals surface area contributed by atoms with Crippen molar-refractivity contribution in [3.05, 3.63) is 36.0 Å². The fourth-order valence-corrected chi connectivity index (χ4v) is 3.35. The zero-order valence-corrected chi connectivity index (χ0v) is 12.5. The van der Waals surface area contributed by atoms with Gasteiger partial charge in [-0.2, -0.15) is 5.26 Å². The Balaban J connectivity index is 1.87. The molecule has 0 bridgehead atoms. The maximum Gasteiger partial charge on any atom is 0.103 e. The van der Waals surface area contributed by atoms with Crippen LogP contribution in [0.15, 0.2) is 30.5 Å². The molecule has 1 N–H and O–H groups in total. The number of fused-ring (bicyclic) bond motifs is 1. The van der Waals surface area contributed by atoms with Crippen LogP contribution in [-0.2, 0) is 0 Å². The van der Waals surface area contributed by atoms with Crippen LogP contribution in [0.1, 0.15) is 38.2 Å². The van der Waals surface area contributed by atoms with Gasteiger partial charge in [-0.1, -0.05) is 44.4 Å². The minimum absolute atomic E-state index is 0.636. The minimum atomic E-state index is 0.636. The molecule has 1 heterocycles. The summed E-state index contributed by atoms with van der Waals surface area (Å²) < 4.78 is 0. The molecule has 0 saturated heterocycles. The number of hydrogen-bond acceptors (Lipinski definition) is 3. The third-order valence-corrected chi connectivity index (χ3v) is 4.73. The average Bonchev–Trinajstić information content (AvgIpc) is 2.53. The van der Waals surface area contributed by atoms with Crippen molar-refractivity contribution in [2.24, 2.45) is 11.8 Å². The number of benzene rings is 1. The van der Waals surface area contributed by atoms with Gasteiger partial charge in [0, 0.05) is 18.1 Å². The Morgan fingerprint density at radius 1 is 1.29 bits per heavy atom. The van der Waals surface area contributed by atoms with E-state index in [0.29, 0.717) is 11.5 Å². The van der Waals surface area contributed by atoms with Crippen LogP contribution in [0, 0.1) is 23.2 Å². The lowest BCUT2D eigenvalue weighted by Gasteiger charge is -2.29. The number of nitriles is 1. The van der Waals surface area contributed by atoms with Crippen molar-refractivity contribution >= 4 is 16.6 Å². The summed E-state index contributed by atoms with van der Waals surface area (Å²) >= 11 is 0. The van der Waals surface area contributed by atoms with Crippen molar-refractivity contribution in [2.75, 3.05) is 11.9 Å². The van der Waals surface area contributed by atoms with Gasteiger partial charge in [0.1, 0.15) is 6.07 Å². The van der Waals surface area contributed by atoms with Crippen LogP contribution in [0.4, 0.5) is 5.69 Å². The second-order valence-electron chi connectivity index (χ2n) is 6.08. The number of rotatable bonds is 3. The molecule has 1 aliphatic rings. The van der Waals surface area contributed by atoms with Crippen LogP contribution in [-0.4, -0.2) is 11.5 Å². The van der Waals surface area contributed by atoms with Gasteiger partial charge in [0.15, 0.2) is 0 Å². The predicted molar refractivity (Wildman–Crippen MR) is 86.1 cm³/mol. The molecule has 1 fully saturated rings. The number of hydrogen-bond donors (Lipinski definition) is 1. The summed E-state index contributed by atoms with van der Waals surface area (Å²) in [6.07, 6.45) is 6.99. The lowest BCUT2D eigenvalue weighted by molar-refractivity contribution is 0.268. The maximum atomic E-state index is 9.34. The standard InChI is InChI=1S/C18H21N3/c1-13-6-2-3-7-14(13)11-21-18-15(10-19)12-20-17-9-5-4-8-16(17)18/h4-5,8-9,12-14H,2-3,6-7,11H2,1H3,(H,20,21). The molecular weight excluding hydrogens is 258 g/mol. The number of anilines is 1. The zero-order valence-electron chi connectivity index (χ0n) is 12.5. The molecule has 0 aliphatic heterocycles. The molecule has 1 aliphatic carbocycles. The van der Waals surface area contributed by atoms with Crippen molar-refractivity contribution in [1.82, 2.24) is 4.98 Å². The van der Waals surface area contributed by atoms with Crippen molar-refractivity contribution in [1.29, 1.82) is 5.26 Å². The van der Waals surface area contributed by atoms with Gasteiger partial charge in [0.05, 0.1) is 16.8 Å². The summed E-state index contributed by atoms with van der Waals surface area (Å²) in [5, 5.41) is 13.9. The molecular formula is C18H21N3. The topological polar surface area (TPSA) is 48.7 Å². The van der Waals surface area contributed by atoms with Crippen LogP contribution < -0.4 is 5.32 Å². The van der Waals surface area contributed by atoms with E-state index in [2.05, 4.69) is 23.3 Å². The van der Waals surface area contributed by atoms with Gasteiger partial charge in [-0.3, -0.25) is 4.98 Å². The van der Waals surface area contributed by atoms with E-state index >= 15 is 0 Å². The van der Waals surface area contributed by atoms with Gasteiger partial charge < -0.3 is 5.32 Å². The molecule has 2 atom stereocenters. The molecule has 0 radical (unpaired) electrons. The van der Waals surface area contributed by atoms with Crippen molar-refractivity contribution in [2.45, 2.75) is 32.6 Å². The highest BCUT2D eigenvalue weighted by Gasteiger charge is 2.21. The second kappa shape index (κ2) is 6.13. The maximum absolute atomic E-state index is 9.34. The van der Waals surface area contributed by atoms with Crippen LogP contribution in [0.3, 0.4) is 0 Å². The van der Waals surface area contributed by atoms with Crippen molar-refractivity contribution in [3.63, 3.8) is 0 Å². The predicted octanol–water partition coefficient (Wildman–Crippen LogP) is 4.34. The monoisotopic (exact) mass is 279 g/mol. The normalized spacial score (nSPS) is 21.9. The van der Waals surface area contributed by atoms with E-state index in [9.17, 15) is 5.26 Å². The molecule has 3 heteroatoms. The Kier molecular flexibility index (Phi) is 4.06. The summed E-state index contributed by atoms with van der Waals surface area (Å²) in [6.45, 7) is 3.30. The number of aromatic nitrogens is 1. The molecule has 2 unspecified atom stereocenters. The molecule has 1 aromatic carbocycles. The summed E-state index contributed by atoms with van der Waals surface area (Å²) in [5.41, 5.74) is 2.52. The van der Waals surface area contributed by atoms with Crippen LogP contribution in [0.25, 0.3) is 10.9 Å². The van der Waals surface area contributed by atoms with Crippen LogP contribution in [0.5, 0.6) is 0 Å². The first-order chi connectivity index (χ1) is 10.3. The second-order valence-corrected chi connectivity index (χ2v) is 6.08. The van der Waals surface area contributed by atoms with E-state index in [4.69, 9.17) is 0 Å². The molecule has 2 aromatic rings. The summed E-state index contributed by atoms with van der Waals surface area (Å²) in [4.78, 5) is 4.36. The number of pyridine rings is 1. The Morgan fingerprint density at radius 2 is 2.10 bits per heavy atom. The molecule has 0 amide bonds. The molecule has 1 saturated carbocycles. The largest absolute Gasteiger partial charge is 0.383 e. The quantitative estimate of drug-likeness (QED) is 0.909. The smallest absolute Gasteiger partial charge is 0.103 e. The average molecular weight is 279 g/mol. The zero-order chi connectivity index (χ0) is 14.7. The Hall–Kier alpha value is -2.08. The first-order valence-electron chi connectivity index (χ1n) is 7.81. The summed E-state index contributed by atoms with van der Waals surface area (Å²) in [5.74, 6) is 1.47. The number of para-hydroxylation sites is 1. The SMILES string of the molecule is CC1CCCCC1CNc1c(C#N)cnc2ccccc12. The molecule has 0 spiro atoms. The lowest BCUT2D eigenvalue weighted by Crippen LogP contribution is -2.24. The fourth-order valence-electron chi connectivity index (χ4n) is 3.35. The highest BCUT2D eigenvalue weighted by molar-refractivity contribution is 5.93. The third-order valence-electron chi connectivity index (χ3n) is 4.73. The van der Waals surface area contributed by atoms with Crippen molar-refractivity contribution < 1.29 is 0 Å². The van der Waals surface area contributed by atoms with Crippen molar-refractivity contribution in [3.8, 4) is 6.07 Å². The summed E-state index contributed by atoms with van der Waals surface area (Å²) in [6, 6.07) is 10.3. The van der Waals surface area contributed by atoms with Gasteiger partial charge in [0.2, 0.25) is 0 Å². The highest BCUT2D eigenvalue weighted by atomic mass is 14.9. The van der Waals surface area contributed by atoms with Gasteiger partial charge in [0.25, 0.3) is 0 Å². The minimum Gasteiger partial charge on any atom is -0.383 e. The van der Waals surface area contributed by atoms with E-state index in [1.807, 2.05) is 24.3 Å². The first kappa shape index (κ1) is 13.9. The molecule has 3 nitrogen and oxygen atoms in total.